The van der Waals surface area contributed by atoms with Gasteiger partial charge in [0.25, 0.3) is 0 Å². The molecule has 0 amide bonds. The SMILES string of the molecule is Cc1nc(Cc2noc(C[C@@H](CN)CC(C)C)n2)cs1. The number of aromatic nitrogens is 3. The third-order valence-corrected chi connectivity index (χ3v) is 3.94. The lowest BCUT2D eigenvalue weighted by Gasteiger charge is -2.14. The molecule has 20 heavy (non-hydrogen) atoms. The highest BCUT2D eigenvalue weighted by atomic mass is 32.1. The standard InChI is InChI=1S/C14H22N4OS/c1-9(2)4-11(7-15)5-14-17-13(18-19-14)6-12-8-20-10(3)16-12/h8-9,11H,4-7,15H2,1-3H3/t11-/m0/s1. The summed E-state index contributed by atoms with van der Waals surface area (Å²) >= 11 is 1.64. The lowest BCUT2D eigenvalue weighted by molar-refractivity contribution is 0.329. The molecule has 0 unspecified atom stereocenters. The molecule has 1 atom stereocenters. The summed E-state index contributed by atoms with van der Waals surface area (Å²) in [6.45, 7) is 7.05. The highest BCUT2D eigenvalue weighted by molar-refractivity contribution is 7.09. The average molecular weight is 294 g/mol. The molecule has 2 aromatic heterocycles. The Kier molecular flexibility index (Phi) is 5.25. The molecule has 0 saturated heterocycles. The Balaban J connectivity index is 1.94. The Morgan fingerprint density at radius 3 is 2.75 bits per heavy atom. The van der Waals surface area contributed by atoms with E-state index >= 15 is 0 Å². The first-order valence-corrected chi connectivity index (χ1v) is 7.87. The zero-order chi connectivity index (χ0) is 14.5. The number of rotatable bonds is 7. The van der Waals surface area contributed by atoms with Crippen molar-refractivity contribution in [2.45, 2.75) is 40.0 Å². The number of aryl methyl sites for hydroxylation is 1. The van der Waals surface area contributed by atoms with Gasteiger partial charge in [0.2, 0.25) is 5.89 Å². The van der Waals surface area contributed by atoms with E-state index in [4.69, 9.17) is 10.3 Å². The Bertz CT molecular complexity index is 535. The number of thiazole rings is 1. The van der Waals surface area contributed by atoms with Crippen LogP contribution in [0.4, 0.5) is 0 Å². The van der Waals surface area contributed by atoms with Crippen molar-refractivity contribution in [1.82, 2.24) is 15.1 Å². The van der Waals surface area contributed by atoms with Crippen LogP contribution in [0, 0.1) is 18.8 Å². The van der Waals surface area contributed by atoms with E-state index in [1.54, 1.807) is 11.3 Å². The van der Waals surface area contributed by atoms with Gasteiger partial charge in [-0.05, 0) is 31.7 Å². The van der Waals surface area contributed by atoms with Gasteiger partial charge < -0.3 is 10.3 Å². The normalized spacial score (nSPS) is 13.1. The predicted molar refractivity (Wildman–Crippen MR) is 79.7 cm³/mol. The molecule has 0 aliphatic carbocycles. The van der Waals surface area contributed by atoms with Gasteiger partial charge in [-0.15, -0.1) is 11.3 Å². The molecule has 0 bridgehead atoms. The second kappa shape index (κ2) is 6.95. The van der Waals surface area contributed by atoms with E-state index in [1.807, 2.05) is 12.3 Å². The Labute approximate surface area is 123 Å². The first-order chi connectivity index (χ1) is 9.56. The topological polar surface area (TPSA) is 77.8 Å². The minimum atomic E-state index is 0.407. The molecule has 0 radical (unpaired) electrons. The molecule has 2 rings (SSSR count). The van der Waals surface area contributed by atoms with Crippen molar-refractivity contribution in [3.8, 4) is 0 Å². The van der Waals surface area contributed by atoms with Crippen molar-refractivity contribution in [3.63, 3.8) is 0 Å². The molecule has 0 fully saturated rings. The molecule has 0 aromatic carbocycles. The van der Waals surface area contributed by atoms with E-state index < -0.39 is 0 Å². The molecule has 0 saturated carbocycles. The van der Waals surface area contributed by atoms with Crippen molar-refractivity contribution >= 4 is 11.3 Å². The summed E-state index contributed by atoms with van der Waals surface area (Å²) in [6.07, 6.45) is 2.47. The number of nitrogens with two attached hydrogens (primary N) is 1. The van der Waals surface area contributed by atoms with Crippen LogP contribution in [0.25, 0.3) is 0 Å². The molecule has 0 aliphatic heterocycles. The number of hydrogen-bond acceptors (Lipinski definition) is 6. The lowest BCUT2D eigenvalue weighted by atomic mass is 9.94. The largest absolute Gasteiger partial charge is 0.339 e. The third-order valence-electron chi connectivity index (χ3n) is 3.12. The lowest BCUT2D eigenvalue weighted by Crippen LogP contribution is -2.19. The molecule has 0 aliphatic rings. The number of nitrogens with zero attached hydrogens (tertiary/aromatic N) is 3. The molecule has 6 heteroatoms. The van der Waals surface area contributed by atoms with Gasteiger partial charge in [-0.25, -0.2) is 4.98 Å². The van der Waals surface area contributed by atoms with Gasteiger partial charge >= 0.3 is 0 Å². The summed E-state index contributed by atoms with van der Waals surface area (Å²) < 4.78 is 5.32. The Hall–Kier alpha value is -1.27. The fourth-order valence-corrected chi connectivity index (χ4v) is 2.89. The van der Waals surface area contributed by atoms with Gasteiger partial charge in [0.15, 0.2) is 5.82 Å². The van der Waals surface area contributed by atoms with Crippen molar-refractivity contribution < 1.29 is 4.52 Å². The monoisotopic (exact) mass is 294 g/mol. The van der Waals surface area contributed by atoms with Crippen LogP contribution in [0.2, 0.25) is 0 Å². The highest BCUT2D eigenvalue weighted by Gasteiger charge is 2.15. The Morgan fingerprint density at radius 1 is 1.35 bits per heavy atom. The van der Waals surface area contributed by atoms with Gasteiger partial charge in [0.05, 0.1) is 17.1 Å². The van der Waals surface area contributed by atoms with E-state index in [-0.39, 0.29) is 0 Å². The molecule has 0 spiro atoms. The second-order valence-corrected chi connectivity index (χ2v) is 6.64. The molecular weight excluding hydrogens is 272 g/mol. The summed E-state index contributed by atoms with van der Waals surface area (Å²) in [5, 5.41) is 7.12. The van der Waals surface area contributed by atoms with Gasteiger partial charge in [0, 0.05) is 11.8 Å². The second-order valence-electron chi connectivity index (χ2n) is 5.57. The van der Waals surface area contributed by atoms with E-state index in [9.17, 15) is 0 Å². The summed E-state index contributed by atoms with van der Waals surface area (Å²) in [6, 6.07) is 0. The molecule has 2 heterocycles. The molecular formula is C14H22N4OS. The maximum atomic E-state index is 5.80. The molecule has 2 aromatic rings. The van der Waals surface area contributed by atoms with E-state index in [0.29, 0.717) is 36.5 Å². The third kappa shape index (κ3) is 4.38. The van der Waals surface area contributed by atoms with Gasteiger partial charge in [-0.1, -0.05) is 19.0 Å². The van der Waals surface area contributed by atoms with Crippen molar-refractivity contribution in [3.05, 3.63) is 27.8 Å². The maximum Gasteiger partial charge on any atom is 0.226 e. The average Bonchev–Trinajstić information content (AvgIpc) is 2.98. The van der Waals surface area contributed by atoms with Crippen LogP contribution in [-0.4, -0.2) is 21.7 Å². The van der Waals surface area contributed by atoms with Gasteiger partial charge in [0.1, 0.15) is 0 Å². The van der Waals surface area contributed by atoms with Crippen molar-refractivity contribution in [2.24, 2.45) is 17.6 Å². The van der Waals surface area contributed by atoms with E-state index in [0.717, 1.165) is 23.5 Å². The van der Waals surface area contributed by atoms with Gasteiger partial charge in [-0.3, -0.25) is 0 Å². The van der Waals surface area contributed by atoms with E-state index in [2.05, 4.69) is 29.0 Å². The quantitative estimate of drug-likeness (QED) is 0.849. The van der Waals surface area contributed by atoms with Crippen LogP contribution < -0.4 is 5.73 Å². The highest BCUT2D eigenvalue weighted by Crippen LogP contribution is 2.16. The molecule has 110 valence electrons. The maximum absolute atomic E-state index is 5.80. The van der Waals surface area contributed by atoms with Crippen molar-refractivity contribution in [2.75, 3.05) is 6.54 Å². The summed E-state index contributed by atoms with van der Waals surface area (Å²) in [5.41, 5.74) is 6.80. The van der Waals surface area contributed by atoms with Crippen LogP contribution in [0.1, 0.15) is 42.7 Å². The van der Waals surface area contributed by atoms with E-state index in [1.165, 1.54) is 0 Å². The molecule has 5 nitrogen and oxygen atoms in total. The summed E-state index contributed by atoms with van der Waals surface area (Å²) in [5.74, 6) is 2.42. The first-order valence-electron chi connectivity index (χ1n) is 6.99. The summed E-state index contributed by atoms with van der Waals surface area (Å²) in [4.78, 5) is 8.85. The zero-order valence-electron chi connectivity index (χ0n) is 12.3. The fraction of sp³-hybridized carbons (Fsp3) is 0.643. The van der Waals surface area contributed by atoms with Crippen molar-refractivity contribution in [1.29, 1.82) is 0 Å². The minimum Gasteiger partial charge on any atom is -0.339 e. The predicted octanol–water partition coefficient (Wildman–Crippen LogP) is 2.59. The first kappa shape index (κ1) is 15.1. The number of hydrogen-bond donors (Lipinski definition) is 1. The van der Waals surface area contributed by atoms with Crippen LogP contribution in [0.15, 0.2) is 9.90 Å². The zero-order valence-corrected chi connectivity index (χ0v) is 13.1. The van der Waals surface area contributed by atoms with Crippen LogP contribution in [-0.2, 0) is 12.8 Å². The minimum absolute atomic E-state index is 0.407. The molecule has 2 N–H and O–H groups in total. The van der Waals surface area contributed by atoms with Crippen LogP contribution in [0.3, 0.4) is 0 Å². The van der Waals surface area contributed by atoms with Crippen LogP contribution in [0.5, 0.6) is 0 Å². The summed E-state index contributed by atoms with van der Waals surface area (Å²) in [7, 11) is 0. The van der Waals surface area contributed by atoms with Crippen LogP contribution >= 0.6 is 11.3 Å². The Morgan fingerprint density at radius 2 is 2.15 bits per heavy atom. The fourth-order valence-electron chi connectivity index (χ4n) is 2.27. The smallest absolute Gasteiger partial charge is 0.226 e. The van der Waals surface area contributed by atoms with Gasteiger partial charge in [-0.2, -0.15) is 4.98 Å².